The highest BCUT2D eigenvalue weighted by molar-refractivity contribution is 5.88. The van der Waals surface area contributed by atoms with Crippen LogP contribution < -0.4 is 4.74 Å². The monoisotopic (exact) mass is 491 g/mol. The molecule has 186 valence electrons. The van der Waals surface area contributed by atoms with E-state index in [2.05, 4.69) is 0 Å². The number of benzene rings is 2. The number of phenolic OH excluding ortho intramolecular Hbond substituents is 4. The molecule has 0 aliphatic carbocycles. The topological polar surface area (TPSA) is 198 Å². The Bertz CT molecular complexity index is 1260. The zero-order valence-corrected chi connectivity index (χ0v) is 18.2. The maximum atomic E-state index is 11.2. The van der Waals surface area contributed by atoms with E-state index >= 15 is 0 Å². The summed E-state index contributed by atoms with van der Waals surface area (Å²) in [6.45, 7) is 0.718. The molecule has 0 amide bonds. The van der Waals surface area contributed by atoms with E-state index in [9.17, 15) is 40.5 Å². The number of hydrogen-bond donors (Lipinski definition) is 7. The fourth-order valence-corrected chi connectivity index (χ4v) is 3.61. The number of carbonyl (C=O) groups excluding carboxylic acids is 1. The maximum Gasteiger partial charge on any atom is 0.402 e. The third kappa shape index (κ3) is 4.86. The van der Waals surface area contributed by atoms with Crippen LogP contribution in [0, 0.1) is 0 Å². The van der Waals surface area contributed by atoms with Crippen molar-refractivity contribution in [2.45, 2.75) is 37.6 Å². The van der Waals surface area contributed by atoms with Gasteiger partial charge in [-0.3, -0.25) is 4.79 Å². The molecule has 2 heterocycles. The van der Waals surface area contributed by atoms with Crippen molar-refractivity contribution in [1.82, 2.24) is 0 Å². The number of fused-ring (bicyclic) bond motifs is 1. The zero-order chi connectivity index (χ0) is 25.4. The van der Waals surface area contributed by atoms with E-state index < -0.39 is 54.8 Å². The Kier molecular flexibility index (Phi) is 6.54. The lowest BCUT2D eigenvalue weighted by molar-refractivity contribution is -0.278. The van der Waals surface area contributed by atoms with Crippen LogP contribution in [0.2, 0.25) is 0 Å². The quantitative estimate of drug-likeness (QED) is 0.152. The number of phenols is 4. The third-order valence-electron chi connectivity index (χ3n) is 5.42. The average Bonchev–Trinajstić information content (AvgIpc) is 2.80. The SMILES string of the molecule is CC(=O)OC[C@H]1O[C@@H](Oc2cc3c(O)cc(O)cc3[o+]c2-c2ccc(O)c(O)c2)[C@H](O)[C@@H](O)[C@H]1O. The smallest absolute Gasteiger partial charge is 0.402 e. The molecule has 1 aromatic heterocycles. The number of carbonyl (C=O) groups is 1. The van der Waals surface area contributed by atoms with Gasteiger partial charge >= 0.3 is 17.3 Å². The molecule has 0 saturated carbocycles. The van der Waals surface area contributed by atoms with E-state index in [4.69, 9.17) is 18.6 Å². The first-order chi connectivity index (χ1) is 16.5. The first kappa shape index (κ1) is 24.3. The van der Waals surface area contributed by atoms with Gasteiger partial charge in [-0.05, 0) is 12.1 Å². The highest BCUT2D eigenvalue weighted by Gasteiger charge is 2.46. The van der Waals surface area contributed by atoms with Gasteiger partial charge in [0.1, 0.15) is 47.9 Å². The van der Waals surface area contributed by atoms with Gasteiger partial charge in [0.25, 0.3) is 0 Å². The van der Waals surface area contributed by atoms with E-state index in [-0.39, 0.29) is 39.5 Å². The number of ether oxygens (including phenoxy) is 3. The molecule has 12 heteroatoms. The summed E-state index contributed by atoms with van der Waals surface area (Å²) in [4.78, 5) is 11.2. The first-order valence-corrected chi connectivity index (χ1v) is 10.4. The Labute approximate surface area is 197 Å². The Morgan fingerprint density at radius 1 is 0.943 bits per heavy atom. The number of hydrogen-bond acceptors (Lipinski definition) is 11. The van der Waals surface area contributed by atoms with Gasteiger partial charge in [-0.15, -0.1) is 0 Å². The van der Waals surface area contributed by atoms with Crippen molar-refractivity contribution in [3.8, 4) is 40.1 Å². The minimum Gasteiger partial charge on any atom is -0.507 e. The molecule has 0 radical (unpaired) electrons. The Morgan fingerprint density at radius 2 is 1.69 bits per heavy atom. The Hall–Kier alpha value is -3.84. The molecule has 7 N–H and O–H groups in total. The number of esters is 1. The van der Waals surface area contributed by atoms with Crippen LogP contribution in [0.25, 0.3) is 22.3 Å². The molecule has 0 unspecified atom stereocenters. The molecule has 3 aromatic rings. The summed E-state index contributed by atoms with van der Waals surface area (Å²) in [6.07, 6.45) is -7.90. The Balaban J connectivity index is 1.77. The van der Waals surface area contributed by atoms with Gasteiger partial charge in [-0.2, -0.15) is 0 Å². The molecular formula is C23H23O12+. The van der Waals surface area contributed by atoms with Crippen molar-refractivity contribution < 1.29 is 59.2 Å². The van der Waals surface area contributed by atoms with Crippen LogP contribution in [0.1, 0.15) is 6.92 Å². The summed E-state index contributed by atoms with van der Waals surface area (Å²) in [5.74, 6) is -2.38. The predicted molar refractivity (Wildman–Crippen MR) is 117 cm³/mol. The van der Waals surface area contributed by atoms with Crippen molar-refractivity contribution in [2.75, 3.05) is 6.61 Å². The van der Waals surface area contributed by atoms with Crippen LogP contribution in [0.4, 0.5) is 0 Å². The lowest BCUT2D eigenvalue weighted by Crippen LogP contribution is -2.60. The molecule has 5 atom stereocenters. The molecule has 12 nitrogen and oxygen atoms in total. The van der Waals surface area contributed by atoms with Crippen molar-refractivity contribution >= 4 is 16.9 Å². The van der Waals surface area contributed by atoms with Gasteiger partial charge in [0, 0.05) is 25.1 Å². The molecule has 35 heavy (non-hydrogen) atoms. The highest BCUT2D eigenvalue weighted by Crippen LogP contribution is 2.42. The van der Waals surface area contributed by atoms with Gasteiger partial charge in [0.05, 0.1) is 11.6 Å². The van der Waals surface area contributed by atoms with Crippen molar-refractivity contribution in [2.24, 2.45) is 0 Å². The highest BCUT2D eigenvalue weighted by atomic mass is 16.7. The third-order valence-corrected chi connectivity index (χ3v) is 5.42. The molecule has 1 saturated heterocycles. The van der Waals surface area contributed by atoms with Gasteiger partial charge in [-0.25, -0.2) is 4.42 Å². The van der Waals surface area contributed by atoms with Crippen LogP contribution >= 0.6 is 0 Å². The minimum atomic E-state index is -1.75. The number of aromatic hydroxyl groups is 4. The zero-order valence-electron chi connectivity index (χ0n) is 18.2. The lowest BCUT2D eigenvalue weighted by Gasteiger charge is -2.39. The summed E-state index contributed by atoms with van der Waals surface area (Å²) in [7, 11) is 0. The molecule has 1 aliphatic rings. The molecule has 2 aromatic carbocycles. The van der Waals surface area contributed by atoms with Crippen LogP contribution in [-0.2, 0) is 14.3 Å². The molecule has 1 aliphatic heterocycles. The maximum absolute atomic E-state index is 11.2. The van der Waals surface area contributed by atoms with Crippen molar-refractivity contribution in [3.63, 3.8) is 0 Å². The summed E-state index contributed by atoms with van der Waals surface area (Å²) in [5, 5.41) is 70.7. The number of aliphatic hydroxyl groups excluding tert-OH is 3. The molecule has 4 rings (SSSR count). The summed E-state index contributed by atoms with van der Waals surface area (Å²) >= 11 is 0. The number of rotatable bonds is 5. The molecule has 0 bridgehead atoms. The molecule has 0 spiro atoms. The van der Waals surface area contributed by atoms with Crippen LogP contribution in [0.15, 0.2) is 40.8 Å². The second kappa shape index (κ2) is 9.43. The van der Waals surface area contributed by atoms with Crippen LogP contribution in [-0.4, -0.2) is 79.0 Å². The van der Waals surface area contributed by atoms with E-state index in [1.165, 1.54) is 24.3 Å². The lowest BCUT2D eigenvalue weighted by atomic mass is 9.99. The van der Waals surface area contributed by atoms with Gasteiger partial charge < -0.3 is 50.0 Å². The largest absolute Gasteiger partial charge is 0.507 e. The normalized spacial score (nSPS) is 24.3. The number of aliphatic hydroxyl groups is 3. The first-order valence-electron chi connectivity index (χ1n) is 10.4. The van der Waals surface area contributed by atoms with Gasteiger partial charge in [0.2, 0.25) is 12.0 Å². The van der Waals surface area contributed by atoms with Gasteiger partial charge in [0.15, 0.2) is 11.5 Å². The standard InChI is InChI=1S/C23H22O12/c1-9(24)32-8-18-19(29)20(30)21(31)23(35-18)34-17-7-12-14(27)5-11(25)6-16(12)33-22(17)10-2-3-13(26)15(28)4-10/h2-7,18-21,23,29-31H,8H2,1H3,(H3-,25,26,27,28)/p+1/t18-,19+,20+,21-,23-/m1/s1. The molecular weight excluding hydrogens is 468 g/mol. The van der Waals surface area contributed by atoms with Gasteiger partial charge in [-0.1, -0.05) is 0 Å². The second-order valence-corrected chi connectivity index (χ2v) is 7.96. The predicted octanol–water partition coefficient (Wildman–Crippen LogP) is 0.953. The Morgan fingerprint density at radius 3 is 2.37 bits per heavy atom. The fraction of sp³-hybridized carbons (Fsp3) is 0.304. The van der Waals surface area contributed by atoms with Crippen LogP contribution in [0.3, 0.4) is 0 Å². The summed E-state index contributed by atoms with van der Waals surface area (Å²) in [6, 6.07) is 7.33. The summed E-state index contributed by atoms with van der Waals surface area (Å²) < 4.78 is 22.0. The van der Waals surface area contributed by atoms with Crippen molar-refractivity contribution in [3.05, 3.63) is 36.4 Å². The molecule has 1 fully saturated rings. The van der Waals surface area contributed by atoms with E-state index in [1.807, 2.05) is 0 Å². The second-order valence-electron chi connectivity index (χ2n) is 7.96. The van der Waals surface area contributed by atoms with E-state index in [1.54, 1.807) is 0 Å². The average molecular weight is 491 g/mol. The van der Waals surface area contributed by atoms with E-state index in [0.29, 0.717) is 0 Å². The van der Waals surface area contributed by atoms with Crippen molar-refractivity contribution in [1.29, 1.82) is 0 Å². The fourth-order valence-electron chi connectivity index (χ4n) is 3.61. The van der Waals surface area contributed by atoms with E-state index in [0.717, 1.165) is 19.1 Å². The van der Waals surface area contributed by atoms with Crippen LogP contribution in [0.5, 0.6) is 28.7 Å². The minimum absolute atomic E-state index is 0.0331. The summed E-state index contributed by atoms with van der Waals surface area (Å²) in [5.41, 5.74) is 0.230.